The van der Waals surface area contributed by atoms with Crippen LogP contribution in [0.5, 0.6) is 0 Å². The van der Waals surface area contributed by atoms with E-state index in [9.17, 15) is 14.4 Å². The number of hydrogen-bond donors (Lipinski definition) is 2. The average molecular weight is 413 g/mol. The summed E-state index contributed by atoms with van der Waals surface area (Å²) in [7, 11) is 0. The topological polar surface area (TPSA) is 87.2 Å². The Labute approximate surface area is 173 Å². The number of aromatic amines is 1. The van der Waals surface area contributed by atoms with Gasteiger partial charge in [-0.3, -0.25) is 19.0 Å². The van der Waals surface area contributed by atoms with Crippen molar-refractivity contribution in [1.29, 1.82) is 0 Å². The second-order valence-electron chi connectivity index (χ2n) is 7.77. The number of allylic oxidation sites excluding steroid dienone is 1. The summed E-state index contributed by atoms with van der Waals surface area (Å²) in [5, 5.41) is 3.51. The highest BCUT2D eigenvalue weighted by Gasteiger charge is 2.32. The number of piperidine rings is 1. The number of hydrogen-bond acceptors (Lipinski definition) is 4. The quantitative estimate of drug-likeness (QED) is 0.583. The summed E-state index contributed by atoms with van der Waals surface area (Å²) >= 11 is 5.27. The highest BCUT2D eigenvalue weighted by atomic mass is 32.1. The van der Waals surface area contributed by atoms with Crippen molar-refractivity contribution >= 4 is 34.9 Å². The molecule has 1 aliphatic carbocycles. The van der Waals surface area contributed by atoms with E-state index in [2.05, 4.69) is 16.9 Å². The molecule has 1 unspecified atom stereocenters. The maximum atomic E-state index is 13.0. The second-order valence-corrected chi connectivity index (χ2v) is 8.15. The van der Waals surface area contributed by atoms with Gasteiger partial charge in [0.15, 0.2) is 4.77 Å². The molecule has 1 aromatic heterocycles. The van der Waals surface area contributed by atoms with Gasteiger partial charge >= 0.3 is 0 Å². The summed E-state index contributed by atoms with van der Waals surface area (Å²) in [5.41, 5.74) is 0.802. The first-order valence-corrected chi connectivity index (χ1v) is 10.4. The fraction of sp³-hybridized carbons (Fsp3) is 0.429. The van der Waals surface area contributed by atoms with Gasteiger partial charge < -0.3 is 15.2 Å². The Kier molecular flexibility index (Phi) is 5.36. The zero-order valence-electron chi connectivity index (χ0n) is 16.1. The van der Waals surface area contributed by atoms with Crippen LogP contribution in [0.3, 0.4) is 0 Å². The first-order chi connectivity index (χ1) is 14.0. The van der Waals surface area contributed by atoms with Crippen LogP contribution in [-0.2, 0) is 11.3 Å². The first-order valence-electron chi connectivity index (χ1n) is 9.95. The molecule has 1 aromatic carbocycles. The van der Waals surface area contributed by atoms with Crippen molar-refractivity contribution in [1.82, 2.24) is 19.8 Å². The number of nitrogens with zero attached hydrogens (tertiary/aromatic N) is 2. The lowest BCUT2D eigenvalue weighted by Gasteiger charge is -2.32. The smallest absolute Gasteiger partial charge is 0.262 e. The largest absolute Gasteiger partial charge is 0.353 e. The average Bonchev–Trinajstić information content (AvgIpc) is 3.54. The molecule has 0 spiro atoms. The van der Waals surface area contributed by atoms with E-state index in [1.165, 1.54) is 4.57 Å². The monoisotopic (exact) mass is 412 g/mol. The summed E-state index contributed by atoms with van der Waals surface area (Å²) in [5.74, 6) is -0.244. The van der Waals surface area contributed by atoms with Crippen molar-refractivity contribution in [2.75, 3.05) is 13.1 Å². The minimum Gasteiger partial charge on any atom is -0.353 e. The number of H-pyrrole nitrogens is 1. The Morgan fingerprint density at radius 1 is 1.31 bits per heavy atom. The van der Waals surface area contributed by atoms with Gasteiger partial charge in [0.25, 0.3) is 11.5 Å². The van der Waals surface area contributed by atoms with E-state index in [1.807, 2.05) is 0 Å². The van der Waals surface area contributed by atoms with Gasteiger partial charge in [-0.15, -0.1) is 6.58 Å². The predicted molar refractivity (Wildman–Crippen MR) is 113 cm³/mol. The van der Waals surface area contributed by atoms with Gasteiger partial charge in [0.2, 0.25) is 5.91 Å². The summed E-state index contributed by atoms with van der Waals surface area (Å²) in [6.45, 7) is 5.02. The number of amides is 2. The van der Waals surface area contributed by atoms with Gasteiger partial charge in [0.1, 0.15) is 0 Å². The molecule has 0 bridgehead atoms. The zero-order valence-corrected chi connectivity index (χ0v) is 17.0. The normalized spacial score (nSPS) is 19.2. The first kappa shape index (κ1) is 19.6. The van der Waals surface area contributed by atoms with Crippen molar-refractivity contribution < 1.29 is 9.59 Å². The van der Waals surface area contributed by atoms with E-state index in [1.54, 1.807) is 29.2 Å². The lowest BCUT2D eigenvalue weighted by molar-refractivity contribution is -0.126. The second kappa shape index (κ2) is 7.94. The van der Waals surface area contributed by atoms with Crippen molar-refractivity contribution in [3.63, 3.8) is 0 Å². The molecule has 7 nitrogen and oxygen atoms in total. The van der Waals surface area contributed by atoms with Gasteiger partial charge in [-0.1, -0.05) is 6.08 Å². The van der Waals surface area contributed by atoms with Crippen LogP contribution < -0.4 is 10.9 Å². The minimum absolute atomic E-state index is 0.0513. The molecule has 2 heterocycles. The molecule has 1 saturated heterocycles. The molecule has 2 fully saturated rings. The lowest BCUT2D eigenvalue weighted by Crippen LogP contribution is -2.45. The maximum Gasteiger partial charge on any atom is 0.262 e. The lowest BCUT2D eigenvalue weighted by atomic mass is 9.96. The van der Waals surface area contributed by atoms with Crippen molar-refractivity contribution in [2.45, 2.75) is 38.3 Å². The molecule has 2 aromatic rings. The molecular formula is C21H24N4O3S. The van der Waals surface area contributed by atoms with Gasteiger partial charge in [-0.05, 0) is 56.1 Å². The Hall–Kier alpha value is -2.74. The van der Waals surface area contributed by atoms with Gasteiger partial charge in [-0.25, -0.2) is 0 Å². The molecule has 8 heteroatoms. The Balaban J connectivity index is 1.57. The number of fused-ring (bicyclic) bond motifs is 1. The predicted octanol–water partition coefficient (Wildman–Crippen LogP) is 2.38. The third-order valence-electron chi connectivity index (χ3n) is 5.54. The van der Waals surface area contributed by atoms with E-state index in [4.69, 9.17) is 12.2 Å². The number of benzene rings is 1. The zero-order chi connectivity index (χ0) is 20.5. The Morgan fingerprint density at radius 2 is 2.10 bits per heavy atom. The van der Waals surface area contributed by atoms with E-state index < -0.39 is 0 Å². The standard InChI is InChI=1S/C21H24N4O3S/c1-2-9-25-20(28)16-8-5-13(11-17(16)23-21(25)29)19(27)24-10-3-4-14(12-24)18(26)22-15-6-7-15/h2,5,8,11,14-15H,1,3-4,6-7,9-10,12H2,(H,22,26)(H,23,29). The maximum absolute atomic E-state index is 13.0. The molecule has 1 saturated carbocycles. The van der Waals surface area contributed by atoms with Crippen molar-refractivity contribution in [3.8, 4) is 0 Å². The fourth-order valence-electron chi connectivity index (χ4n) is 3.79. The minimum atomic E-state index is -0.211. The van der Waals surface area contributed by atoms with Crippen LogP contribution >= 0.6 is 12.2 Å². The highest BCUT2D eigenvalue weighted by Crippen LogP contribution is 2.23. The third kappa shape index (κ3) is 4.03. The summed E-state index contributed by atoms with van der Waals surface area (Å²) < 4.78 is 1.72. The highest BCUT2D eigenvalue weighted by molar-refractivity contribution is 7.71. The SMILES string of the molecule is C=CCn1c(=S)[nH]c2cc(C(=O)N3CCCC(C(=O)NC4CC4)C3)ccc2c1=O. The van der Waals surface area contributed by atoms with E-state index in [0.717, 1.165) is 25.7 Å². The molecule has 1 aliphatic heterocycles. The third-order valence-corrected chi connectivity index (χ3v) is 5.87. The molecule has 2 aliphatic rings. The van der Waals surface area contributed by atoms with Crippen molar-refractivity contribution in [3.05, 3.63) is 51.5 Å². The summed E-state index contributed by atoms with van der Waals surface area (Å²) in [6.07, 6.45) is 5.32. The van der Waals surface area contributed by atoms with E-state index >= 15 is 0 Å². The summed E-state index contributed by atoms with van der Waals surface area (Å²) in [4.78, 5) is 42.8. The van der Waals surface area contributed by atoms with E-state index in [0.29, 0.717) is 46.9 Å². The van der Waals surface area contributed by atoms with Crippen molar-refractivity contribution in [2.24, 2.45) is 5.92 Å². The molecular weight excluding hydrogens is 388 g/mol. The number of nitrogens with one attached hydrogen (secondary N) is 2. The van der Waals surface area contributed by atoms with Gasteiger partial charge in [-0.2, -0.15) is 0 Å². The summed E-state index contributed by atoms with van der Waals surface area (Å²) in [6, 6.07) is 5.30. The number of carbonyl (C=O) groups is 2. The van der Waals surface area contributed by atoms with E-state index in [-0.39, 0.29) is 23.3 Å². The Morgan fingerprint density at radius 3 is 2.83 bits per heavy atom. The molecule has 2 amide bonds. The Bertz CT molecular complexity index is 1100. The number of aromatic nitrogens is 2. The van der Waals surface area contributed by atoms with Crippen LogP contribution in [0.25, 0.3) is 10.9 Å². The van der Waals surface area contributed by atoms with Crippen LogP contribution in [-0.4, -0.2) is 45.4 Å². The van der Waals surface area contributed by atoms with Gasteiger partial charge in [0, 0.05) is 31.2 Å². The van der Waals surface area contributed by atoms with Gasteiger partial charge in [0.05, 0.1) is 16.8 Å². The number of rotatable bonds is 5. The van der Waals surface area contributed by atoms with Crippen LogP contribution in [0, 0.1) is 10.7 Å². The fourth-order valence-corrected chi connectivity index (χ4v) is 4.05. The van der Waals surface area contributed by atoms with Crippen LogP contribution in [0.1, 0.15) is 36.0 Å². The van der Waals surface area contributed by atoms with Crippen LogP contribution in [0.15, 0.2) is 35.6 Å². The molecule has 0 radical (unpaired) electrons. The van der Waals surface area contributed by atoms with Crippen LogP contribution in [0.2, 0.25) is 0 Å². The molecule has 4 rings (SSSR count). The molecule has 1 atom stereocenters. The molecule has 2 N–H and O–H groups in total. The molecule has 152 valence electrons. The number of carbonyl (C=O) groups excluding carboxylic acids is 2. The number of likely N-dealkylation sites (tertiary alicyclic amines) is 1. The molecule has 29 heavy (non-hydrogen) atoms. The van der Waals surface area contributed by atoms with Crippen LogP contribution in [0.4, 0.5) is 0 Å².